The molecule has 0 spiro atoms. The van der Waals surface area contributed by atoms with Crippen molar-refractivity contribution in [3.05, 3.63) is 58.6 Å². The zero-order chi connectivity index (χ0) is 11.4. The molecule has 0 aliphatic carbocycles. The molecular formula is C13H12BrNO. The van der Waals surface area contributed by atoms with Crippen molar-refractivity contribution in [3.8, 4) is 5.75 Å². The van der Waals surface area contributed by atoms with Crippen molar-refractivity contribution in [2.45, 2.75) is 6.61 Å². The molecule has 0 atom stereocenters. The van der Waals surface area contributed by atoms with Crippen LogP contribution >= 0.6 is 15.9 Å². The topological polar surface area (TPSA) is 35.2 Å². The second kappa shape index (κ2) is 5.03. The SMILES string of the molecule is Nc1ccc(Br)c(OCc2ccccc2)c1. The summed E-state index contributed by atoms with van der Waals surface area (Å²) in [7, 11) is 0. The Morgan fingerprint density at radius 1 is 1.06 bits per heavy atom. The highest BCUT2D eigenvalue weighted by molar-refractivity contribution is 9.10. The fourth-order valence-corrected chi connectivity index (χ4v) is 1.73. The summed E-state index contributed by atoms with van der Waals surface area (Å²) in [5, 5.41) is 0. The molecular weight excluding hydrogens is 266 g/mol. The van der Waals surface area contributed by atoms with E-state index in [1.807, 2.05) is 48.5 Å². The van der Waals surface area contributed by atoms with Gasteiger partial charge in [0.1, 0.15) is 12.4 Å². The molecule has 2 aromatic carbocycles. The molecule has 0 heterocycles. The van der Waals surface area contributed by atoms with E-state index in [0.29, 0.717) is 12.3 Å². The summed E-state index contributed by atoms with van der Waals surface area (Å²) >= 11 is 3.42. The van der Waals surface area contributed by atoms with Crippen LogP contribution in [0.5, 0.6) is 5.75 Å². The van der Waals surface area contributed by atoms with E-state index in [4.69, 9.17) is 10.5 Å². The Labute approximate surface area is 103 Å². The second-order valence-corrected chi connectivity index (χ2v) is 4.32. The van der Waals surface area contributed by atoms with E-state index in [0.717, 1.165) is 15.8 Å². The van der Waals surface area contributed by atoms with E-state index in [9.17, 15) is 0 Å². The maximum Gasteiger partial charge on any atom is 0.136 e. The minimum absolute atomic E-state index is 0.545. The predicted molar refractivity (Wildman–Crippen MR) is 69.3 cm³/mol. The fraction of sp³-hybridized carbons (Fsp3) is 0.0769. The number of nitrogens with two attached hydrogens (primary N) is 1. The van der Waals surface area contributed by atoms with E-state index in [2.05, 4.69) is 15.9 Å². The summed E-state index contributed by atoms with van der Waals surface area (Å²) < 4.78 is 6.59. The number of halogens is 1. The first-order chi connectivity index (χ1) is 7.75. The van der Waals surface area contributed by atoms with Gasteiger partial charge in [0, 0.05) is 11.8 Å². The van der Waals surface area contributed by atoms with Gasteiger partial charge in [-0.15, -0.1) is 0 Å². The van der Waals surface area contributed by atoms with Gasteiger partial charge in [-0.05, 0) is 33.6 Å². The lowest BCUT2D eigenvalue weighted by molar-refractivity contribution is 0.304. The largest absolute Gasteiger partial charge is 0.488 e. The van der Waals surface area contributed by atoms with Crippen LogP contribution in [-0.4, -0.2) is 0 Å². The molecule has 0 unspecified atom stereocenters. The Balaban J connectivity index is 2.08. The van der Waals surface area contributed by atoms with Crippen LogP contribution in [0.15, 0.2) is 53.0 Å². The van der Waals surface area contributed by atoms with E-state index in [1.165, 1.54) is 0 Å². The maximum absolute atomic E-state index is 5.70. The average molecular weight is 278 g/mol. The van der Waals surface area contributed by atoms with Gasteiger partial charge in [-0.1, -0.05) is 30.3 Å². The van der Waals surface area contributed by atoms with E-state index in [1.54, 1.807) is 0 Å². The number of rotatable bonds is 3. The molecule has 82 valence electrons. The van der Waals surface area contributed by atoms with Gasteiger partial charge < -0.3 is 10.5 Å². The van der Waals surface area contributed by atoms with Gasteiger partial charge in [0.15, 0.2) is 0 Å². The van der Waals surface area contributed by atoms with Crippen LogP contribution in [-0.2, 0) is 6.61 Å². The third-order valence-electron chi connectivity index (χ3n) is 2.19. The molecule has 2 N–H and O–H groups in total. The molecule has 0 saturated heterocycles. The molecule has 16 heavy (non-hydrogen) atoms. The van der Waals surface area contributed by atoms with Crippen LogP contribution in [0, 0.1) is 0 Å². The smallest absolute Gasteiger partial charge is 0.136 e. The lowest BCUT2D eigenvalue weighted by Crippen LogP contribution is -1.96. The van der Waals surface area contributed by atoms with Crippen LogP contribution in [0.25, 0.3) is 0 Å². The lowest BCUT2D eigenvalue weighted by Gasteiger charge is -2.08. The van der Waals surface area contributed by atoms with Gasteiger partial charge in [-0.2, -0.15) is 0 Å². The average Bonchev–Trinajstić information content (AvgIpc) is 2.32. The van der Waals surface area contributed by atoms with Crippen LogP contribution in [0.1, 0.15) is 5.56 Å². The van der Waals surface area contributed by atoms with Gasteiger partial charge in [0.05, 0.1) is 4.47 Å². The zero-order valence-corrected chi connectivity index (χ0v) is 10.3. The normalized spacial score (nSPS) is 10.1. The van der Waals surface area contributed by atoms with Crippen LogP contribution in [0.3, 0.4) is 0 Å². The van der Waals surface area contributed by atoms with Gasteiger partial charge >= 0.3 is 0 Å². The second-order valence-electron chi connectivity index (χ2n) is 3.46. The molecule has 0 aliphatic rings. The van der Waals surface area contributed by atoms with E-state index >= 15 is 0 Å². The zero-order valence-electron chi connectivity index (χ0n) is 8.69. The first-order valence-electron chi connectivity index (χ1n) is 4.97. The molecule has 0 amide bonds. The molecule has 2 aromatic rings. The number of ether oxygens (including phenoxy) is 1. The number of anilines is 1. The molecule has 0 fully saturated rings. The Morgan fingerprint density at radius 3 is 2.56 bits per heavy atom. The minimum atomic E-state index is 0.545. The van der Waals surface area contributed by atoms with Gasteiger partial charge in [0.2, 0.25) is 0 Å². The third-order valence-corrected chi connectivity index (χ3v) is 2.85. The van der Waals surface area contributed by atoms with Crippen molar-refractivity contribution in [1.82, 2.24) is 0 Å². The van der Waals surface area contributed by atoms with Crippen LogP contribution in [0.2, 0.25) is 0 Å². The molecule has 0 radical (unpaired) electrons. The van der Waals surface area contributed by atoms with E-state index < -0.39 is 0 Å². The third kappa shape index (κ3) is 2.76. The first kappa shape index (κ1) is 11.0. The molecule has 2 rings (SSSR count). The highest BCUT2D eigenvalue weighted by Crippen LogP contribution is 2.27. The number of benzene rings is 2. The number of hydrogen-bond acceptors (Lipinski definition) is 2. The number of nitrogen functional groups attached to an aromatic ring is 1. The molecule has 0 saturated carbocycles. The summed E-state index contributed by atoms with van der Waals surface area (Å²) in [6.07, 6.45) is 0. The Bertz CT molecular complexity index is 471. The summed E-state index contributed by atoms with van der Waals surface area (Å²) in [5.74, 6) is 0.767. The lowest BCUT2D eigenvalue weighted by atomic mass is 10.2. The quantitative estimate of drug-likeness (QED) is 0.870. The molecule has 0 bridgehead atoms. The summed E-state index contributed by atoms with van der Waals surface area (Å²) in [6, 6.07) is 15.6. The Kier molecular flexibility index (Phi) is 3.47. The first-order valence-corrected chi connectivity index (χ1v) is 5.77. The molecule has 2 nitrogen and oxygen atoms in total. The fourth-order valence-electron chi connectivity index (χ4n) is 1.37. The van der Waals surface area contributed by atoms with Gasteiger partial charge in [-0.3, -0.25) is 0 Å². The van der Waals surface area contributed by atoms with Crippen molar-refractivity contribution >= 4 is 21.6 Å². The summed E-state index contributed by atoms with van der Waals surface area (Å²) in [5.41, 5.74) is 7.53. The monoisotopic (exact) mass is 277 g/mol. The Hall–Kier alpha value is -1.48. The molecule has 0 aliphatic heterocycles. The van der Waals surface area contributed by atoms with Crippen molar-refractivity contribution in [3.63, 3.8) is 0 Å². The van der Waals surface area contributed by atoms with Crippen molar-refractivity contribution in [2.24, 2.45) is 0 Å². The molecule has 0 aromatic heterocycles. The Morgan fingerprint density at radius 2 is 1.81 bits per heavy atom. The van der Waals surface area contributed by atoms with Crippen molar-refractivity contribution < 1.29 is 4.74 Å². The molecule has 3 heteroatoms. The maximum atomic E-state index is 5.70. The minimum Gasteiger partial charge on any atom is -0.488 e. The van der Waals surface area contributed by atoms with Crippen LogP contribution < -0.4 is 10.5 Å². The predicted octanol–water partition coefficient (Wildman–Crippen LogP) is 3.61. The van der Waals surface area contributed by atoms with Crippen LogP contribution in [0.4, 0.5) is 5.69 Å². The van der Waals surface area contributed by atoms with Gasteiger partial charge in [0.25, 0.3) is 0 Å². The van der Waals surface area contributed by atoms with Crippen molar-refractivity contribution in [1.29, 1.82) is 0 Å². The summed E-state index contributed by atoms with van der Waals surface area (Å²) in [4.78, 5) is 0. The van der Waals surface area contributed by atoms with Gasteiger partial charge in [-0.25, -0.2) is 0 Å². The highest BCUT2D eigenvalue weighted by Gasteiger charge is 2.01. The van der Waals surface area contributed by atoms with Crippen molar-refractivity contribution in [2.75, 3.05) is 5.73 Å². The number of hydrogen-bond donors (Lipinski definition) is 1. The summed E-state index contributed by atoms with van der Waals surface area (Å²) in [6.45, 7) is 0.545. The standard InChI is InChI=1S/C13H12BrNO/c14-12-7-6-11(15)8-13(12)16-9-10-4-2-1-3-5-10/h1-8H,9,15H2. The highest BCUT2D eigenvalue weighted by atomic mass is 79.9. The van der Waals surface area contributed by atoms with E-state index in [-0.39, 0.29) is 0 Å².